The predicted octanol–water partition coefficient (Wildman–Crippen LogP) is 4.64. The van der Waals surface area contributed by atoms with Crippen LogP contribution in [0, 0.1) is 0 Å². The highest BCUT2D eigenvalue weighted by Crippen LogP contribution is 2.37. The molecule has 0 bridgehead atoms. The molecule has 8 heteroatoms. The Morgan fingerprint density at radius 1 is 1.19 bits per heavy atom. The van der Waals surface area contributed by atoms with Gasteiger partial charge in [-0.25, -0.2) is 4.79 Å². The first kappa shape index (κ1) is 18.7. The molecule has 4 nitrogen and oxygen atoms in total. The number of halogens is 3. The minimum absolute atomic E-state index is 0.106. The van der Waals surface area contributed by atoms with Gasteiger partial charge in [-0.3, -0.25) is 0 Å². The fraction of sp³-hybridized carbons (Fsp3) is 0.389. The normalized spacial score (nSPS) is 16.9. The number of rotatable bonds is 4. The van der Waals surface area contributed by atoms with Crippen LogP contribution in [-0.4, -0.2) is 25.8 Å². The Morgan fingerprint density at radius 2 is 1.96 bits per heavy atom. The molecule has 3 rings (SSSR count). The molecule has 1 aromatic carbocycles. The quantitative estimate of drug-likeness (QED) is 0.807. The van der Waals surface area contributed by atoms with Gasteiger partial charge in [-0.2, -0.15) is 13.2 Å². The smallest absolute Gasteiger partial charge is 0.381 e. The molecule has 0 aliphatic carbocycles. The number of amides is 2. The molecule has 2 amide bonds. The molecule has 1 aliphatic rings. The first-order valence-electron chi connectivity index (χ1n) is 8.23. The highest BCUT2D eigenvalue weighted by atomic mass is 32.1. The zero-order chi connectivity index (χ0) is 18.6. The van der Waals surface area contributed by atoms with Gasteiger partial charge in [-0.1, -0.05) is 12.1 Å². The Labute approximate surface area is 153 Å². The number of carbonyl (C=O) groups excluding carboxylic acids is 1. The van der Waals surface area contributed by atoms with Crippen LogP contribution in [0.1, 0.15) is 23.3 Å². The molecule has 0 radical (unpaired) electrons. The summed E-state index contributed by atoms with van der Waals surface area (Å²) in [6, 6.07) is 8.08. The van der Waals surface area contributed by atoms with E-state index in [1.165, 1.54) is 17.0 Å². The Bertz CT molecular complexity index is 741. The van der Waals surface area contributed by atoms with E-state index in [9.17, 15) is 18.0 Å². The molecule has 1 fully saturated rings. The summed E-state index contributed by atoms with van der Waals surface area (Å²) in [5, 5.41) is 7.28. The molecule has 2 aromatic rings. The van der Waals surface area contributed by atoms with Crippen molar-refractivity contribution in [2.45, 2.75) is 24.4 Å². The Hall–Kier alpha value is -2.06. The summed E-state index contributed by atoms with van der Waals surface area (Å²) in [5.74, 6) is 0. The summed E-state index contributed by atoms with van der Waals surface area (Å²) in [7, 11) is 0. The first-order valence-corrected chi connectivity index (χ1v) is 9.11. The van der Waals surface area contributed by atoms with Gasteiger partial charge < -0.3 is 15.4 Å². The molecular formula is C18H19F3N2O2S. The van der Waals surface area contributed by atoms with Crippen LogP contribution in [0.3, 0.4) is 0 Å². The third-order valence-corrected chi connectivity index (χ3v) is 5.65. The largest absolute Gasteiger partial charge is 0.416 e. The van der Waals surface area contributed by atoms with Gasteiger partial charge in [-0.05, 0) is 42.5 Å². The number of benzene rings is 1. The number of hydrogen-bond donors (Lipinski definition) is 2. The number of hydrogen-bond acceptors (Lipinski definition) is 3. The number of alkyl halides is 3. The fourth-order valence-corrected chi connectivity index (χ4v) is 4.04. The van der Waals surface area contributed by atoms with E-state index in [0.29, 0.717) is 19.8 Å². The van der Waals surface area contributed by atoms with Gasteiger partial charge in [0.05, 0.1) is 5.56 Å². The van der Waals surface area contributed by atoms with Gasteiger partial charge in [0.1, 0.15) is 0 Å². The minimum Gasteiger partial charge on any atom is -0.381 e. The van der Waals surface area contributed by atoms with Crippen LogP contribution in [0.4, 0.5) is 23.7 Å². The van der Waals surface area contributed by atoms with Crippen molar-refractivity contribution in [2.75, 3.05) is 25.1 Å². The van der Waals surface area contributed by atoms with E-state index in [1.54, 1.807) is 11.3 Å². The van der Waals surface area contributed by atoms with E-state index in [0.717, 1.165) is 25.0 Å². The lowest BCUT2D eigenvalue weighted by Gasteiger charge is -2.36. The lowest BCUT2D eigenvalue weighted by atomic mass is 9.78. The average Bonchev–Trinajstić information content (AvgIpc) is 3.16. The molecule has 0 saturated carbocycles. The van der Waals surface area contributed by atoms with E-state index in [-0.39, 0.29) is 11.1 Å². The molecule has 0 unspecified atom stereocenters. The second-order valence-electron chi connectivity index (χ2n) is 6.26. The van der Waals surface area contributed by atoms with E-state index in [1.807, 2.05) is 17.5 Å². The Balaban J connectivity index is 1.64. The standard InChI is InChI=1S/C18H19F3N2O2S/c19-18(20,21)13-3-1-4-14(11-13)23-16(24)22-12-17(6-8-25-9-7-17)15-5-2-10-26-15/h1-5,10-11H,6-9,12H2,(H2,22,23,24). The third kappa shape index (κ3) is 4.37. The lowest BCUT2D eigenvalue weighted by molar-refractivity contribution is -0.137. The number of urea groups is 1. The van der Waals surface area contributed by atoms with E-state index in [4.69, 9.17) is 4.74 Å². The van der Waals surface area contributed by atoms with Crippen LogP contribution in [-0.2, 0) is 16.3 Å². The molecule has 1 aromatic heterocycles. The number of thiophene rings is 1. The zero-order valence-corrected chi connectivity index (χ0v) is 14.8. The first-order chi connectivity index (χ1) is 12.4. The molecule has 0 spiro atoms. The highest BCUT2D eigenvalue weighted by Gasteiger charge is 2.36. The summed E-state index contributed by atoms with van der Waals surface area (Å²) in [4.78, 5) is 13.4. The van der Waals surface area contributed by atoms with Crippen molar-refractivity contribution >= 4 is 23.1 Å². The van der Waals surface area contributed by atoms with Gasteiger partial charge in [0, 0.05) is 35.7 Å². The summed E-state index contributed by atoms with van der Waals surface area (Å²) >= 11 is 1.64. The molecule has 140 valence electrons. The number of nitrogens with one attached hydrogen (secondary N) is 2. The molecule has 1 aliphatic heterocycles. The zero-order valence-electron chi connectivity index (χ0n) is 13.9. The highest BCUT2D eigenvalue weighted by molar-refractivity contribution is 7.10. The second kappa shape index (κ2) is 7.67. The topological polar surface area (TPSA) is 50.4 Å². The molecule has 1 saturated heterocycles. The van der Waals surface area contributed by atoms with E-state index < -0.39 is 17.8 Å². The minimum atomic E-state index is -4.44. The van der Waals surface area contributed by atoms with Crippen molar-refractivity contribution < 1.29 is 22.7 Å². The van der Waals surface area contributed by atoms with Crippen LogP contribution in [0.25, 0.3) is 0 Å². The van der Waals surface area contributed by atoms with Crippen molar-refractivity contribution in [2.24, 2.45) is 0 Å². The average molecular weight is 384 g/mol. The maximum atomic E-state index is 12.8. The number of anilines is 1. The van der Waals surface area contributed by atoms with Gasteiger partial charge in [0.15, 0.2) is 0 Å². The maximum Gasteiger partial charge on any atom is 0.416 e. The van der Waals surface area contributed by atoms with Crippen LogP contribution in [0.5, 0.6) is 0 Å². The Kier molecular flexibility index (Phi) is 5.52. The third-order valence-electron chi connectivity index (χ3n) is 4.53. The maximum absolute atomic E-state index is 12.8. The summed E-state index contributed by atoms with van der Waals surface area (Å²) in [6.07, 6.45) is -2.87. The van der Waals surface area contributed by atoms with E-state index >= 15 is 0 Å². The molecule has 0 atom stereocenters. The van der Waals surface area contributed by atoms with E-state index in [2.05, 4.69) is 10.6 Å². The molecule has 26 heavy (non-hydrogen) atoms. The van der Waals surface area contributed by atoms with Gasteiger partial charge >= 0.3 is 12.2 Å². The monoisotopic (exact) mass is 384 g/mol. The molecule has 2 heterocycles. The summed E-state index contributed by atoms with van der Waals surface area (Å²) in [6.45, 7) is 1.64. The summed E-state index contributed by atoms with van der Waals surface area (Å²) < 4.78 is 43.7. The molecule has 2 N–H and O–H groups in total. The van der Waals surface area contributed by atoms with Crippen LogP contribution >= 0.6 is 11.3 Å². The van der Waals surface area contributed by atoms with Gasteiger partial charge in [0.2, 0.25) is 0 Å². The van der Waals surface area contributed by atoms with Crippen LogP contribution in [0.15, 0.2) is 41.8 Å². The van der Waals surface area contributed by atoms with Crippen molar-refractivity contribution in [3.05, 3.63) is 52.2 Å². The van der Waals surface area contributed by atoms with Crippen molar-refractivity contribution in [1.82, 2.24) is 5.32 Å². The second-order valence-corrected chi connectivity index (χ2v) is 7.20. The Morgan fingerprint density at radius 3 is 2.62 bits per heavy atom. The number of ether oxygens (including phenoxy) is 1. The van der Waals surface area contributed by atoms with Crippen molar-refractivity contribution in [3.8, 4) is 0 Å². The van der Waals surface area contributed by atoms with Gasteiger partial charge in [0.25, 0.3) is 0 Å². The SMILES string of the molecule is O=C(NCC1(c2cccs2)CCOCC1)Nc1cccc(C(F)(F)F)c1. The molecular weight excluding hydrogens is 365 g/mol. The van der Waals surface area contributed by atoms with Gasteiger partial charge in [-0.15, -0.1) is 11.3 Å². The fourth-order valence-electron chi connectivity index (χ4n) is 3.05. The summed E-state index contributed by atoms with van der Waals surface area (Å²) in [5.41, 5.74) is -0.887. The van der Waals surface area contributed by atoms with Crippen molar-refractivity contribution in [3.63, 3.8) is 0 Å². The predicted molar refractivity (Wildman–Crippen MR) is 94.5 cm³/mol. The van der Waals surface area contributed by atoms with Crippen molar-refractivity contribution in [1.29, 1.82) is 0 Å². The van der Waals surface area contributed by atoms with Crippen LogP contribution < -0.4 is 10.6 Å². The number of carbonyl (C=O) groups is 1. The van der Waals surface area contributed by atoms with Crippen LogP contribution in [0.2, 0.25) is 0 Å². The lowest BCUT2D eigenvalue weighted by Crippen LogP contribution is -2.45.